The average molecular weight is 348 g/mol. The second kappa shape index (κ2) is 11.7. The Balaban J connectivity index is 0.00000484. The van der Waals surface area contributed by atoms with Gasteiger partial charge in [-0.25, -0.2) is 0 Å². The molecule has 0 saturated carbocycles. The quantitative estimate of drug-likeness (QED) is 0.707. The lowest BCUT2D eigenvalue weighted by Crippen LogP contribution is -2.50. The maximum absolute atomic E-state index is 12.6. The zero-order chi connectivity index (χ0) is 16.5. The van der Waals surface area contributed by atoms with Gasteiger partial charge in [-0.2, -0.15) is 0 Å². The Labute approximate surface area is 147 Å². The Morgan fingerprint density at radius 3 is 2.57 bits per heavy atom. The van der Waals surface area contributed by atoms with Crippen LogP contribution in [-0.2, 0) is 9.59 Å². The number of nitrogens with one attached hydrogen (secondary N) is 1. The molecule has 2 unspecified atom stereocenters. The van der Waals surface area contributed by atoms with Crippen LogP contribution in [0.2, 0.25) is 0 Å². The molecule has 6 heteroatoms. The molecule has 136 valence electrons. The van der Waals surface area contributed by atoms with Crippen molar-refractivity contribution in [2.24, 2.45) is 17.6 Å². The van der Waals surface area contributed by atoms with Gasteiger partial charge in [-0.1, -0.05) is 27.2 Å². The number of nitrogens with zero attached hydrogens (tertiary/aromatic N) is 1. The number of rotatable bonds is 8. The summed E-state index contributed by atoms with van der Waals surface area (Å²) in [6, 6.07) is 0.146. The first-order valence-corrected chi connectivity index (χ1v) is 8.75. The molecule has 1 fully saturated rings. The maximum Gasteiger partial charge on any atom is 0.223 e. The minimum Gasteiger partial charge on any atom is -0.354 e. The van der Waals surface area contributed by atoms with Gasteiger partial charge < -0.3 is 16.0 Å². The lowest BCUT2D eigenvalue weighted by atomic mass is 9.89. The number of hydrogen-bond acceptors (Lipinski definition) is 3. The number of hydrogen-bond donors (Lipinski definition) is 2. The minimum absolute atomic E-state index is 0. The molecular weight excluding hydrogens is 314 g/mol. The molecule has 0 aromatic heterocycles. The summed E-state index contributed by atoms with van der Waals surface area (Å²) < 4.78 is 0. The molecule has 0 spiro atoms. The van der Waals surface area contributed by atoms with Crippen molar-refractivity contribution >= 4 is 24.2 Å². The van der Waals surface area contributed by atoms with E-state index in [4.69, 9.17) is 5.73 Å². The number of halogens is 1. The first kappa shape index (κ1) is 22.2. The van der Waals surface area contributed by atoms with E-state index < -0.39 is 0 Å². The molecule has 2 atom stereocenters. The summed E-state index contributed by atoms with van der Waals surface area (Å²) in [4.78, 5) is 26.2. The largest absolute Gasteiger partial charge is 0.354 e. The van der Waals surface area contributed by atoms with Crippen LogP contribution >= 0.6 is 12.4 Å². The number of carbonyl (C=O) groups is 2. The van der Waals surface area contributed by atoms with Crippen molar-refractivity contribution in [3.63, 3.8) is 0 Å². The van der Waals surface area contributed by atoms with Gasteiger partial charge in [0.05, 0.1) is 0 Å². The van der Waals surface area contributed by atoms with E-state index in [1.807, 2.05) is 4.90 Å². The van der Waals surface area contributed by atoms with Gasteiger partial charge in [0, 0.05) is 38.5 Å². The highest BCUT2D eigenvalue weighted by molar-refractivity contribution is 5.85. The monoisotopic (exact) mass is 347 g/mol. The number of nitrogens with two attached hydrogens (primary N) is 1. The molecule has 1 aliphatic rings. The molecule has 23 heavy (non-hydrogen) atoms. The first-order valence-electron chi connectivity index (χ1n) is 8.75. The predicted molar refractivity (Wildman–Crippen MR) is 96.5 cm³/mol. The van der Waals surface area contributed by atoms with Crippen molar-refractivity contribution in [2.75, 3.05) is 19.6 Å². The molecule has 1 rings (SSSR count). The Morgan fingerprint density at radius 2 is 2.00 bits per heavy atom. The van der Waals surface area contributed by atoms with E-state index >= 15 is 0 Å². The normalized spacial score (nSPS) is 19.2. The summed E-state index contributed by atoms with van der Waals surface area (Å²) in [5, 5.41) is 2.92. The van der Waals surface area contributed by atoms with Gasteiger partial charge in [-0.05, 0) is 31.1 Å². The molecule has 1 saturated heterocycles. The van der Waals surface area contributed by atoms with E-state index in [9.17, 15) is 9.59 Å². The zero-order valence-electron chi connectivity index (χ0n) is 14.8. The van der Waals surface area contributed by atoms with Gasteiger partial charge in [0.15, 0.2) is 0 Å². The topological polar surface area (TPSA) is 75.4 Å². The Kier molecular flexibility index (Phi) is 11.3. The molecular formula is C17H34ClN3O2. The molecule has 5 nitrogen and oxygen atoms in total. The lowest BCUT2D eigenvalue weighted by Gasteiger charge is -2.37. The van der Waals surface area contributed by atoms with Gasteiger partial charge in [-0.3, -0.25) is 9.59 Å². The summed E-state index contributed by atoms with van der Waals surface area (Å²) >= 11 is 0. The van der Waals surface area contributed by atoms with Crippen molar-refractivity contribution in [1.29, 1.82) is 0 Å². The van der Waals surface area contributed by atoms with E-state index in [0.29, 0.717) is 37.8 Å². The molecule has 0 radical (unpaired) electrons. The van der Waals surface area contributed by atoms with Crippen LogP contribution in [0, 0.1) is 11.8 Å². The van der Waals surface area contributed by atoms with Crippen molar-refractivity contribution in [3.8, 4) is 0 Å². The fraction of sp³-hybridized carbons (Fsp3) is 0.882. The fourth-order valence-corrected chi connectivity index (χ4v) is 3.19. The standard InChI is InChI=1S/C17H33N3O2.ClH/c1-4-14(13(2)3)11-17(22)20-10-6-5-7-15(20)12-19-16(21)8-9-18;/h13-15H,4-12,18H2,1-3H3,(H,19,21);1H. The second-order valence-corrected chi connectivity index (χ2v) is 6.70. The van der Waals surface area contributed by atoms with Gasteiger partial charge in [0.2, 0.25) is 11.8 Å². The van der Waals surface area contributed by atoms with Crippen molar-refractivity contribution in [2.45, 2.75) is 65.3 Å². The van der Waals surface area contributed by atoms with Crippen molar-refractivity contribution in [1.82, 2.24) is 10.2 Å². The van der Waals surface area contributed by atoms with Gasteiger partial charge in [0.1, 0.15) is 0 Å². The van der Waals surface area contributed by atoms with E-state index in [2.05, 4.69) is 26.1 Å². The van der Waals surface area contributed by atoms with Crippen molar-refractivity contribution < 1.29 is 9.59 Å². The molecule has 1 heterocycles. The third-order valence-electron chi connectivity index (χ3n) is 4.76. The summed E-state index contributed by atoms with van der Waals surface area (Å²) in [5.74, 6) is 1.20. The SMILES string of the molecule is CCC(CC(=O)N1CCCCC1CNC(=O)CCN)C(C)C.Cl. The van der Waals surface area contributed by atoms with Crippen LogP contribution < -0.4 is 11.1 Å². The predicted octanol–water partition coefficient (Wildman–Crippen LogP) is 2.33. The number of piperidine rings is 1. The van der Waals surface area contributed by atoms with Crippen LogP contribution in [0.25, 0.3) is 0 Å². The highest BCUT2D eigenvalue weighted by atomic mass is 35.5. The van der Waals surface area contributed by atoms with Crippen LogP contribution in [-0.4, -0.2) is 42.4 Å². The summed E-state index contributed by atoms with van der Waals surface area (Å²) in [5.41, 5.74) is 5.39. The Bertz CT molecular complexity index is 364. The maximum atomic E-state index is 12.6. The van der Waals surface area contributed by atoms with Gasteiger partial charge in [0.25, 0.3) is 0 Å². The Hall–Kier alpha value is -0.810. The number of likely N-dealkylation sites (tertiary alicyclic amines) is 1. The average Bonchev–Trinajstić information content (AvgIpc) is 2.50. The molecule has 1 aliphatic heterocycles. The molecule has 0 bridgehead atoms. The van der Waals surface area contributed by atoms with E-state index in [0.717, 1.165) is 32.2 Å². The van der Waals surface area contributed by atoms with Crippen LogP contribution in [0.4, 0.5) is 0 Å². The second-order valence-electron chi connectivity index (χ2n) is 6.70. The molecule has 0 aromatic carbocycles. The summed E-state index contributed by atoms with van der Waals surface area (Å²) in [6.45, 7) is 8.27. The van der Waals surface area contributed by atoms with Gasteiger partial charge >= 0.3 is 0 Å². The van der Waals surface area contributed by atoms with E-state index in [-0.39, 0.29) is 30.3 Å². The molecule has 2 amide bonds. The van der Waals surface area contributed by atoms with E-state index in [1.54, 1.807) is 0 Å². The third-order valence-corrected chi connectivity index (χ3v) is 4.76. The van der Waals surface area contributed by atoms with E-state index in [1.165, 1.54) is 0 Å². The van der Waals surface area contributed by atoms with Crippen LogP contribution in [0.5, 0.6) is 0 Å². The lowest BCUT2D eigenvalue weighted by molar-refractivity contribution is -0.136. The minimum atomic E-state index is -0.0194. The van der Waals surface area contributed by atoms with Crippen LogP contribution in [0.15, 0.2) is 0 Å². The molecule has 3 N–H and O–H groups in total. The zero-order valence-corrected chi connectivity index (χ0v) is 15.7. The number of carbonyl (C=O) groups excluding carboxylic acids is 2. The third kappa shape index (κ3) is 7.53. The van der Waals surface area contributed by atoms with Crippen molar-refractivity contribution in [3.05, 3.63) is 0 Å². The Morgan fingerprint density at radius 1 is 1.30 bits per heavy atom. The highest BCUT2D eigenvalue weighted by Crippen LogP contribution is 2.23. The highest BCUT2D eigenvalue weighted by Gasteiger charge is 2.28. The van der Waals surface area contributed by atoms with Gasteiger partial charge in [-0.15, -0.1) is 12.4 Å². The smallest absolute Gasteiger partial charge is 0.223 e. The summed E-state index contributed by atoms with van der Waals surface area (Å²) in [7, 11) is 0. The molecule has 0 aromatic rings. The molecule has 0 aliphatic carbocycles. The first-order chi connectivity index (χ1) is 10.5. The fourth-order valence-electron chi connectivity index (χ4n) is 3.19. The summed E-state index contributed by atoms with van der Waals surface area (Å²) in [6.07, 6.45) is 5.19. The van der Waals surface area contributed by atoms with Crippen LogP contribution in [0.1, 0.15) is 59.3 Å². The number of amides is 2. The van der Waals surface area contributed by atoms with Crippen LogP contribution in [0.3, 0.4) is 0 Å².